The van der Waals surface area contributed by atoms with Crippen molar-refractivity contribution in [2.45, 2.75) is 6.42 Å². The number of amides is 1. The van der Waals surface area contributed by atoms with Crippen molar-refractivity contribution in [3.8, 4) is 11.5 Å². The smallest absolute Gasteiger partial charge is 0.271 e. The molecule has 0 spiro atoms. The molecule has 0 atom stereocenters. The summed E-state index contributed by atoms with van der Waals surface area (Å²) < 4.78 is 11.0. The number of primary amides is 1. The number of benzene rings is 1. The topological polar surface area (TPSA) is 78.3 Å². The Labute approximate surface area is 154 Å². The van der Waals surface area contributed by atoms with E-state index in [-0.39, 0.29) is 17.3 Å². The molecule has 2 N–H and O–H groups in total. The van der Waals surface area contributed by atoms with Crippen LogP contribution in [0.25, 0.3) is 17.0 Å². The summed E-state index contributed by atoms with van der Waals surface area (Å²) in [7, 11) is 1.59. The largest absolute Gasteiger partial charge is 0.497 e. The average Bonchev–Trinajstić information content (AvgIpc) is 2.86. The fraction of sp³-hybridized carbons (Fsp3) is 0.111. The quantitative estimate of drug-likeness (QED) is 0.843. The van der Waals surface area contributed by atoms with Gasteiger partial charge in [0.05, 0.1) is 22.7 Å². The summed E-state index contributed by atoms with van der Waals surface area (Å²) in [6, 6.07) is 5.04. The van der Waals surface area contributed by atoms with Crippen LogP contribution in [0.15, 0.2) is 52.7 Å². The molecule has 3 rings (SSSR count). The van der Waals surface area contributed by atoms with E-state index in [9.17, 15) is 4.79 Å². The van der Waals surface area contributed by atoms with Gasteiger partial charge in [-0.15, -0.1) is 0 Å². The highest BCUT2D eigenvalue weighted by Crippen LogP contribution is 2.36. The van der Waals surface area contributed by atoms with Crippen molar-refractivity contribution in [3.63, 3.8) is 0 Å². The van der Waals surface area contributed by atoms with E-state index in [0.717, 1.165) is 0 Å². The van der Waals surface area contributed by atoms with Crippen LogP contribution in [-0.4, -0.2) is 18.0 Å². The van der Waals surface area contributed by atoms with Gasteiger partial charge in [0.2, 0.25) is 5.89 Å². The van der Waals surface area contributed by atoms with Crippen LogP contribution < -0.4 is 5.73 Å². The molecule has 0 saturated heterocycles. The van der Waals surface area contributed by atoms with Crippen molar-refractivity contribution < 1.29 is 13.9 Å². The molecule has 7 heteroatoms. The fourth-order valence-corrected chi connectivity index (χ4v) is 2.98. The summed E-state index contributed by atoms with van der Waals surface area (Å²) in [5.41, 5.74) is 6.56. The molecule has 0 aliphatic heterocycles. The first-order valence-corrected chi connectivity index (χ1v) is 8.14. The number of nitrogens with zero attached hydrogens (tertiary/aromatic N) is 1. The van der Waals surface area contributed by atoms with Gasteiger partial charge in [-0.2, -0.15) is 0 Å². The summed E-state index contributed by atoms with van der Waals surface area (Å²) in [5, 5.41) is 0.732. The van der Waals surface area contributed by atoms with Gasteiger partial charge in [-0.1, -0.05) is 35.3 Å². The normalized spacial score (nSPS) is 13.9. The van der Waals surface area contributed by atoms with E-state index in [1.807, 2.05) is 12.2 Å². The number of rotatable bonds is 4. The van der Waals surface area contributed by atoms with Crippen molar-refractivity contribution in [2.75, 3.05) is 7.11 Å². The van der Waals surface area contributed by atoms with Crippen LogP contribution in [-0.2, 0) is 4.74 Å². The van der Waals surface area contributed by atoms with Gasteiger partial charge in [0.25, 0.3) is 5.91 Å². The first-order chi connectivity index (χ1) is 12.0. The van der Waals surface area contributed by atoms with Gasteiger partial charge in [0, 0.05) is 5.57 Å². The Morgan fingerprint density at radius 3 is 2.60 bits per heavy atom. The van der Waals surface area contributed by atoms with Crippen LogP contribution in [0.2, 0.25) is 10.0 Å². The average molecular weight is 377 g/mol. The Kier molecular flexibility index (Phi) is 4.97. The number of hydrogen-bond donors (Lipinski definition) is 1. The molecule has 1 amide bonds. The van der Waals surface area contributed by atoms with E-state index in [2.05, 4.69) is 4.98 Å². The number of carbonyl (C=O) groups is 1. The highest BCUT2D eigenvalue weighted by atomic mass is 35.5. The van der Waals surface area contributed by atoms with Crippen molar-refractivity contribution in [3.05, 3.63) is 69.8 Å². The first kappa shape index (κ1) is 17.3. The van der Waals surface area contributed by atoms with Crippen molar-refractivity contribution in [2.24, 2.45) is 5.73 Å². The van der Waals surface area contributed by atoms with E-state index >= 15 is 0 Å². The van der Waals surface area contributed by atoms with Gasteiger partial charge in [-0.3, -0.25) is 4.79 Å². The summed E-state index contributed by atoms with van der Waals surface area (Å²) in [4.78, 5) is 16.0. The lowest BCUT2D eigenvalue weighted by atomic mass is 10.1. The molecule has 1 aromatic heterocycles. The zero-order valence-corrected chi connectivity index (χ0v) is 14.8. The van der Waals surface area contributed by atoms with E-state index < -0.39 is 5.91 Å². The maximum Gasteiger partial charge on any atom is 0.271 e. The molecule has 25 heavy (non-hydrogen) atoms. The van der Waals surface area contributed by atoms with E-state index in [1.54, 1.807) is 37.5 Å². The number of aromatic nitrogens is 1. The third kappa shape index (κ3) is 3.48. The summed E-state index contributed by atoms with van der Waals surface area (Å²) in [6.07, 6.45) is 7.93. The van der Waals surface area contributed by atoms with Crippen LogP contribution >= 0.6 is 23.2 Å². The Morgan fingerprint density at radius 1 is 1.24 bits per heavy atom. The molecule has 0 unspecified atom stereocenters. The monoisotopic (exact) mass is 376 g/mol. The molecule has 0 fully saturated rings. The minimum atomic E-state index is -0.702. The minimum absolute atomic E-state index is 0.0164. The maximum atomic E-state index is 11.8. The molecule has 1 heterocycles. The van der Waals surface area contributed by atoms with Crippen LogP contribution in [0.3, 0.4) is 0 Å². The zero-order valence-electron chi connectivity index (χ0n) is 13.3. The summed E-state index contributed by atoms with van der Waals surface area (Å²) >= 11 is 12.4. The van der Waals surface area contributed by atoms with Gasteiger partial charge in [0.15, 0.2) is 11.5 Å². The summed E-state index contributed by atoms with van der Waals surface area (Å²) in [5.74, 6) is 0.408. The van der Waals surface area contributed by atoms with Gasteiger partial charge >= 0.3 is 0 Å². The number of nitrogens with two attached hydrogens (primary N) is 1. The lowest BCUT2D eigenvalue weighted by molar-refractivity contribution is 0.0995. The molecule has 128 valence electrons. The lowest BCUT2D eigenvalue weighted by Crippen LogP contribution is -2.13. The third-order valence-electron chi connectivity index (χ3n) is 3.62. The van der Waals surface area contributed by atoms with Crippen LogP contribution in [0.4, 0.5) is 0 Å². The highest BCUT2D eigenvalue weighted by Gasteiger charge is 2.23. The Balaban J connectivity index is 2.11. The van der Waals surface area contributed by atoms with Crippen LogP contribution in [0, 0.1) is 0 Å². The highest BCUT2D eigenvalue weighted by molar-refractivity contribution is 6.38. The third-order valence-corrected chi connectivity index (χ3v) is 4.25. The van der Waals surface area contributed by atoms with Crippen molar-refractivity contribution >= 4 is 34.7 Å². The van der Waals surface area contributed by atoms with Crippen molar-refractivity contribution in [1.29, 1.82) is 0 Å². The number of halogens is 2. The second kappa shape index (κ2) is 7.17. The number of allylic oxidation sites excluding steroid dienone is 5. The molecule has 0 saturated carbocycles. The predicted molar refractivity (Wildman–Crippen MR) is 97.3 cm³/mol. The molecule has 0 bridgehead atoms. The molecule has 1 aromatic carbocycles. The van der Waals surface area contributed by atoms with E-state index in [4.69, 9.17) is 38.1 Å². The Bertz CT molecular complexity index is 906. The number of hydrogen-bond acceptors (Lipinski definition) is 4. The minimum Gasteiger partial charge on any atom is -0.497 e. The van der Waals surface area contributed by atoms with Crippen LogP contribution in [0.5, 0.6) is 0 Å². The second-order valence-electron chi connectivity index (χ2n) is 5.20. The van der Waals surface area contributed by atoms with Gasteiger partial charge in [-0.25, -0.2) is 4.98 Å². The standard InChI is InChI=1S/C18H14Cl2N2O3/c1-24-11-5-2-4-10(8-9-11)16-15(17(21)23)22-18(25-16)14-12(19)6-3-7-13(14)20/h3-9H,2H2,1H3,(H2,21,23). The number of methoxy groups -OCH3 is 1. The zero-order chi connectivity index (χ0) is 18.0. The van der Waals surface area contributed by atoms with E-state index in [0.29, 0.717) is 33.4 Å². The maximum absolute atomic E-state index is 11.8. The first-order valence-electron chi connectivity index (χ1n) is 7.39. The molecule has 2 aromatic rings. The predicted octanol–water partition coefficient (Wildman–Crippen LogP) is 4.62. The lowest BCUT2D eigenvalue weighted by Gasteiger charge is -2.02. The Hall–Kier alpha value is -2.50. The molecule has 0 radical (unpaired) electrons. The second-order valence-corrected chi connectivity index (χ2v) is 6.01. The molecule has 5 nitrogen and oxygen atoms in total. The van der Waals surface area contributed by atoms with Gasteiger partial charge < -0.3 is 14.9 Å². The Morgan fingerprint density at radius 2 is 1.96 bits per heavy atom. The van der Waals surface area contributed by atoms with Crippen LogP contribution in [0.1, 0.15) is 22.7 Å². The molecular formula is C18H14Cl2N2O3. The molecular weight excluding hydrogens is 363 g/mol. The van der Waals surface area contributed by atoms with Crippen molar-refractivity contribution in [1.82, 2.24) is 4.98 Å². The number of ether oxygens (including phenoxy) is 1. The number of oxazole rings is 1. The molecule has 1 aliphatic rings. The van der Waals surface area contributed by atoms with Gasteiger partial charge in [0.1, 0.15) is 5.76 Å². The summed E-state index contributed by atoms with van der Waals surface area (Å²) in [6.45, 7) is 0. The van der Waals surface area contributed by atoms with E-state index in [1.165, 1.54) is 0 Å². The number of carbonyl (C=O) groups excluding carboxylic acids is 1. The van der Waals surface area contributed by atoms with Gasteiger partial charge in [-0.05, 0) is 36.8 Å². The SMILES string of the molecule is COC1=CCC=C(c2oc(-c3c(Cl)cccc3Cl)nc2C(N)=O)C=C1. The molecule has 1 aliphatic carbocycles. The fourth-order valence-electron chi connectivity index (χ4n) is 2.42.